The Morgan fingerprint density at radius 1 is 0.957 bits per heavy atom. The van der Waals surface area contributed by atoms with Crippen LogP contribution in [0.25, 0.3) is 0 Å². The maximum absolute atomic E-state index is 13.2. The summed E-state index contributed by atoms with van der Waals surface area (Å²) in [7, 11) is 1.63. The fraction of sp³-hybridized carbons (Fsp3) is 0.750. The van der Waals surface area contributed by atoms with Gasteiger partial charge in [-0.1, -0.05) is 75.1 Å². The number of piperidine rings is 1. The first-order valence-corrected chi connectivity index (χ1v) is 18.2. The Balaban J connectivity index is 1.68. The maximum atomic E-state index is 13.2. The molecule has 262 valence electrons. The summed E-state index contributed by atoms with van der Waals surface area (Å²) >= 11 is 0. The molecule has 46 heavy (non-hydrogen) atoms. The monoisotopic (exact) mass is 642 g/mol. The molecule has 0 amide bonds. The van der Waals surface area contributed by atoms with Crippen LogP contribution in [0.1, 0.15) is 144 Å². The van der Waals surface area contributed by atoms with Gasteiger partial charge < -0.3 is 19.8 Å². The molecule has 0 bridgehead atoms. The number of aliphatic hydroxyl groups is 2. The number of methoxy groups -OCH3 is 1. The van der Waals surface area contributed by atoms with Crippen molar-refractivity contribution in [2.75, 3.05) is 13.7 Å². The molecule has 2 rings (SSSR count). The zero-order chi connectivity index (χ0) is 34.3. The average molecular weight is 642 g/mol. The van der Waals surface area contributed by atoms with Gasteiger partial charge >= 0.3 is 0 Å². The molecule has 0 aromatic rings. The summed E-state index contributed by atoms with van der Waals surface area (Å²) in [6.07, 6.45) is 22.4. The third kappa shape index (κ3) is 13.6. The second kappa shape index (κ2) is 20.4. The summed E-state index contributed by atoms with van der Waals surface area (Å²) in [6, 6.07) is -0.435. The van der Waals surface area contributed by atoms with E-state index in [0.717, 1.165) is 63.2 Å². The standard InChI is InChI=1S/C40H67NO5/c1-29(16-9-10-18-31(3)26-36-20-15-19-32(4)27-36)23-24-30(2)17-11-12-21-37(46-8)28-33(5)40(44,45)39(43)34(6)41-25-14-13-22-38(41)35(7)42/h24,26,32-33,36-38,44-45H,1,6,9-23,25,27-28H2,2-5,7-8H3/b30-24+,31-26+. The number of rotatable bonds is 21. The lowest BCUT2D eigenvalue weighted by atomic mass is 9.81. The number of carbonyl (C=O) groups is 2. The van der Waals surface area contributed by atoms with Gasteiger partial charge in [-0.05, 0) is 122 Å². The minimum atomic E-state index is -2.57. The van der Waals surface area contributed by atoms with Crippen molar-refractivity contribution in [1.29, 1.82) is 0 Å². The van der Waals surface area contributed by atoms with Crippen LogP contribution in [0.3, 0.4) is 0 Å². The van der Waals surface area contributed by atoms with Gasteiger partial charge in [-0.15, -0.1) is 0 Å². The van der Waals surface area contributed by atoms with Crippen LogP contribution in [-0.4, -0.2) is 58.3 Å². The number of Topliss-reactive ketones (excluding diaryl/α,β-unsaturated/α-hetero) is 2. The van der Waals surface area contributed by atoms with Crippen molar-refractivity contribution in [3.8, 4) is 0 Å². The predicted molar refractivity (Wildman–Crippen MR) is 190 cm³/mol. The van der Waals surface area contributed by atoms with E-state index >= 15 is 0 Å². The molecule has 5 unspecified atom stereocenters. The highest BCUT2D eigenvalue weighted by Gasteiger charge is 2.44. The van der Waals surface area contributed by atoms with E-state index in [1.165, 1.54) is 63.0 Å². The average Bonchev–Trinajstić information content (AvgIpc) is 3.02. The quantitative estimate of drug-likeness (QED) is 0.0563. The second-order valence-electron chi connectivity index (χ2n) is 14.8. The lowest BCUT2D eigenvalue weighted by molar-refractivity contribution is -0.203. The molecule has 1 heterocycles. The number of ether oxygens (including phenoxy) is 1. The van der Waals surface area contributed by atoms with Gasteiger partial charge in [-0.2, -0.15) is 0 Å². The number of ketones is 2. The Morgan fingerprint density at radius 3 is 2.30 bits per heavy atom. The largest absolute Gasteiger partial charge is 0.381 e. The van der Waals surface area contributed by atoms with Crippen molar-refractivity contribution < 1.29 is 24.5 Å². The van der Waals surface area contributed by atoms with Crippen LogP contribution in [0.4, 0.5) is 0 Å². The molecule has 0 aromatic carbocycles. The number of hydrogen-bond donors (Lipinski definition) is 2. The molecular weight excluding hydrogens is 574 g/mol. The molecule has 6 heteroatoms. The molecule has 1 aliphatic carbocycles. The van der Waals surface area contributed by atoms with Crippen LogP contribution in [0.15, 0.2) is 47.7 Å². The molecule has 2 aliphatic rings. The first kappa shape index (κ1) is 40.2. The second-order valence-corrected chi connectivity index (χ2v) is 14.8. The van der Waals surface area contributed by atoms with E-state index in [4.69, 9.17) is 4.74 Å². The van der Waals surface area contributed by atoms with Crippen molar-refractivity contribution in [2.24, 2.45) is 17.8 Å². The Bertz CT molecular complexity index is 1060. The zero-order valence-electron chi connectivity index (χ0n) is 30.2. The highest BCUT2D eigenvalue weighted by molar-refractivity contribution is 6.00. The van der Waals surface area contributed by atoms with Gasteiger partial charge in [0.1, 0.15) is 0 Å². The summed E-state index contributed by atoms with van der Waals surface area (Å²) in [6.45, 7) is 18.8. The van der Waals surface area contributed by atoms with Crippen LogP contribution in [0.2, 0.25) is 0 Å². The molecule has 2 N–H and O–H groups in total. The zero-order valence-corrected chi connectivity index (χ0v) is 30.2. The van der Waals surface area contributed by atoms with Crippen LogP contribution in [-0.2, 0) is 14.3 Å². The van der Waals surface area contributed by atoms with Crippen molar-refractivity contribution >= 4 is 11.6 Å². The number of hydrogen-bond acceptors (Lipinski definition) is 6. The Morgan fingerprint density at radius 2 is 1.63 bits per heavy atom. The molecule has 1 saturated heterocycles. The molecule has 1 aliphatic heterocycles. The van der Waals surface area contributed by atoms with Gasteiger partial charge in [0.2, 0.25) is 11.6 Å². The molecule has 5 atom stereocenters. The van der Waals surface area contributed by atoms with Gasteiger partial charge in [-0.25, -0.2) is 0 Å². The molecule has 6 nitrogen and oxygen atoms in total. The maximum Gasteiger partial charge on any atom is 0.237 e. The van der Waals surface area contributed by atoms with Gasteiger partial charge in [0.25, 0.3) is 0 Å². The van der Waals surface area contributed by atoms with E-state index < -0.39 is 23.5 Å². The van der Waals surface area contributed by atoms with Gasteiger partial charge in [0.15, 0.2) is 5.78 Å². The van der Waals surface area contributed by atoms with Gasteiger partial charge in [-0.3, -0.25) is 9.59 Å². The molecule has 2 fully saturated rings. The number of allylic oxidation sites excluding steroid dienone is 5. The normalized spacial score (nSPS) is 22.8. The minimum absolute atomic E-state index is 0.00231. The van der Waals surface area contributed by atoms with E-state index in [1.807, 2.05) is 0 Å². The van der Waals surface area contributed by atoms with Crippen LogP contribution >= 0.6 is 0 Å². The Hall–Kier alpha value is -2.02. The molecule has 0 radical (unpaired) electrons. The lowest BCUT2D eigenvalue weighted by Crippen LogP contribution is -2.52. The molecule has 0 spiro atoms. The smallest absolute Gasteiger partial charge is 0.237 e. The summed E-state index contributed by atoms with van der Waals surface area (Å²) in [5.41, 5.74) is 4.25. The topological polar surface area (TPSA) is 87.1 Å². The number of unbranched alkanes of at least 4 members (excludes halogenated alkanes) is 2. The van der Waals surface area contributed by atoms with E-state index in [9.17, 15) is 19.8 Å². The highest BCUT2D eigenvalue weighted by atomic mass is 16.5. The third-order valence-electron chi connectivity index (χ3n) is 10.5. The van der Waals surface area contributed by atoms with Gasteiger partial charge in [0.05, 0.1) is 17.8 Å². The number of carbonyl (C=O) groups excluding carboxylic acids is 2. The molecule has 0 aromatic heterocycles. The van der Waals surface area contributed by atoms with Crippen molar-refractivity contribution in [3.63, 3.8) is 0 Å². The lowest BCUT2D eigenvalue weighted by Gasteiger charge is -2.39. The van der Waals surface area contributed by atoms with Crippen molar-refractivity contribution in [1.82, 2.24) is 4.90 Å². The van der Waals surface area contributed by atoms with E-state index in [1.54, 1.807) is 24.5 Å². The summed E-state index contributed by atoms with van der Waals surface area (Å²) in [5.74, 6) is -2.52. The molecular formula is C40H67NO5. The Labute approximate surface area is 281 Å². The predicted octanol–water partition coefficient (Wildman–Crippen LogP) is 9.02. The van der Waals surface area contributed by atoms with Crippen molar-refractivity contribution in [2.45, 2.75) is 162 Å². The summed E-state index contributed by atoms with van der Waals surface area (Å²) in [5, 5.41) is 21.8. The summed E-state index contributed by atoms with van der Waals surface area (Å²) in [4.78, 5) is 26.9. The molecule has 1 saturated carbocycles. The Kier molecular flexibility index (Phi) is 17.8. The first-order chi connectivity index (χ1) is 21.8. The van der Waals surface area contributed by atoms with Crippen LogP contribution in [0, 0.1) is 17.8 Å². The summed E-state index contributed by atoms with van der Waals surface area (Å²) < 4.78 is 5.67. The highest BCUT2D eigenvalue weighted by Crippen LogP contribution is 2.32. The number of likely N-dealkylation sites (tertiary alicyclic amines) is 1. The third-order valence-corrected chi connectivity index (χ3v) is 10.5. The van der Waals surface area contributed by atoms with Gasteiger partial charge in [0, 0.05) is 19.6 Å². The van der Waals surface area contributed by atoms with E-state index in [2.05, 4.69) is 46.1 Å². The van der Waals surface area contributed by atoms with E-state index in [-0.39, 0.29) is 17.6 Å². The first-order valence-electron chi connectivity index (χ1n) is 18.2. The minimum Gasteiger partial charge on any atom is -0.381 e. The SMILES string of the molecule is C=C(C/C=C(\C)CCCCC(CC(C)C(O)(O)C(=O)C(=C)N1CCCCC1C(C)=O)OC)CCCC/C(C)=C/C1CCCC(C)C1. The van der Waals surface area contributed by atoms with Crippen molar-refractivity contribution in [3.05, 3.63) is 47.7 Å². The van der Waals surface area contributed by atoms with Crippen LogP contribution < -0.4 is 0 Å². The fourth-order valence-corrected chi connectivity index (χ4v) is 7.33. The van der Waals surface area contributed by atoms with Crippen LogP contribution in [0.5, 0.6) is 0 Å². The number of nitrogens with zero attached hydrogens (tertiary/aromatic N) is 1. The fourth-order valence-electron chi connectivity index (χ4n) is 7.33. The van der Waals surface area contributed by atoms with E-state index in [0.29, 0.717) is 19.4 Å².